The van der Waals surface area contributed by atoms with Crippen LogP contribution in [0.25, 0.3) is 0 Å². The number of esters is 2. The Kier molecular flexibility index (Phi) is 5.87. The summed E-state index contributed by atoms with van der Waals surface area (Å²) in [5, 5.41) is 0. The average Bonchev–Trinajstić information content (AvgIpc) is 2.23. The third-order valence-electron chi connectivity index (χ3n) is 1.89. The molecule has 0 aliphatic heterocycles. The molecule has 0 saturated heterocycles. The van der Waals surface area contributed by atoms with E-state index in [1.165, 1.54) is 0 Å². The van der Waals surface area contributed by atoms with Gasteiger partial charge in [-0.25, -0.2) is 4.79 Å². The van der Waals surface area contributed by atoms with E-state index < -0.39 is 36.7 Å². The van der Waals surface area contributed by atoms with E-state index in [4.69, 9.17) is 0 Å². The quantitative estimate of drug-likeness (QED) is 0.566. The highest BCUT2D eigenvalue weighted by molar-refractivity contribution is 5.88. The van der Waals surface area contributed by atoms with Gasteiger partial charge in [-0.3, -0.25) is 4.79 Å². The van der Waals surface area contributed by atoms with Crippen molar-refractivity contribution < 1.29 is 32.2 Å². The average molecular weight is 268 g/mol. The van der Waals surface area contributed by atoms with Gasteiger partial charge >= 0.3 is 18.1 Å². The van der Waals surface area contributed by atoms with Crippen LogP contribution in [0.2, 0.25) is 0 Å². The molecule has 0 fully saturated rings. The molecule has 4 nitrogen and oxygen atoms in total. The summed E-state index contributed by atoms with van der Waals surface area (Å²) in [7, 11) is 0. The third kappa shape index (κ3) is 5.70. The maximum atomic E-state index is 12.1. The molecule has 0 aromatic carbocycles. The van der Waals surface area contributed by atoms with Crippen LogP contribution in [-0.4, -0.2) is 30.8 Å². The summed E-state index contributed by atoms with van der Waals surface area (Å²) < 4.78 is 45.0. The largest absolute Gasteiger partial charge is 0.460 e. The normalized spacial score (nSPS) is 13.1. The standard InChI is InChI=1S/C11H15F3O4/c1-6(2)9(15)17-5-7(3)10(16)18-8(4)11(12,13)14/h6,8H,3,5H2,1-2,4H3. The van der Waals surface area contributed by atoms with Crippen LogP contribution >= 0.6 is 0 Å². The van der Waals surface area contributed by atoms with E-state index in [9.17, 15) is 22.8 Å². The van der Waals surface area contributed by atoms with Crippen molar-refractivity contribution in [3.05, 3.63) is 12.2 Å². The fourth-order valence-electron chi connectivity index (χ4n) is 0.695. The van der Waals surface area contributed by atoms with Gasteiger partial charge in [0.2, 0.25) is 0 Å². The van der Waals surface area contributed by atoms with E-state index in [-0.39, 0.29) is 5.57 Å². The lowest BCUT2D eigenvalue weighted by molar-refractivity contribution is -0.214. The van der Waals surface area contributed by atoms with Crippen LogP contribution in [0.1, 0.15) is 20.8 Å². The van der Waals surface area contributed by atoms with Crippen LogP contribution in [-0.2, 0) is 19.1 Å². The molecule has 0 bridgehead atoms. The van der Waals surface area contributed by atoms with E-state index in [0.717, 1.165) is 0 Å². The number of carbonyl (C=O) groups is 2. The van der Waals surface area contributed by atoms with Crippen molar-refractivity contribution in [1.82, 2.24) is 0 Å². The summed E-state index contributed by atoms with van der Waals surface area (Å²) in [6.07, 6.45) is -6.87. The van der Waals surface area contributed by atoms with Crippen molar-refractivity contribution in [1.29, 1.82) is 0 Å². The predicted octanol–water partition coefficient (Wildman–Crippen LogP) is 2.24. The molecule has 0 saturated carbocycles. The lowest BCUT2D eigenvalue weighted by Crippen LogP contribution is -2.32. The molecule has 0 aliphatic rings. The Bertz CT molecular complexity index is 334. The van der Waals surface area contributed by atoms with Gasteiger partial charge in [0.05, 0.1) is 11.5 Å². The molecule has 0 rings (SSSR count). The Balaban J connectivity index is 4.21. The molecule has 0 aromatic rings. The smallest absolute Gasteiger partial charge is 0.425 e. The van der Waals surface area contributed by atoms with Gasteiger partial charge in [-0.15, -0.1) is 0 Å². The van der Waals surface area contributed by atoms with E-state index in [1.807, 2.05) is 0 Å². The van der Waals surface area contributed by atoms with Gasteiger partial charge < -0.3 is 9.47 Å². The number of alkyl halides is 3. The molecule has 1 unspecified atom stereocenters. The fourth-order valence-corrected chi connectivity index (χ4v) is 0.695. The number of halogens is 3. The third-order valence-corrected chi connectivity index (χ3v) is 1.89. The van der Waals surface area contributed by atoms with Crippen LogP contribution in [0.5, 0.6) is 0 Å². The van der Waals surface area contributed by atoms with E-state index >= 15 is 0 Å². The minimum absolute atomic E-state index is 0.347. The molecule has 0 aliphatic carbocycles. The molecular formula is C11H15F3O4. The van der Waals surface area contributed by atoms with Crippen molar-refractivity contribution >= 4 is 11.9 Å². The van der Waals surface area contributed by atoms with Gasteiger partial charge in [0.25, 0.3) is 0 Å². The summed E-state index contributed by atoms with van der Waals surface area (Å²) in [4.78, 5) is 22.2. The van der Waals surface area contributed by atoms with Crippen LogP contribution in [0, 0.1) is 5.92 Å². The number of carbonyl (C=O) groups excluding carboxylic acids is 2. The predicted molar refractivity (Wildman–Crippen MR) is 56.5 cm³/mol. The Labute approximate surface area is 103 Å². The molecule has 0 amide bonds. The van der Waals surface area contributed by atoms with Crippen molar-refractivity contribution in [2.75, 3.05) is 6.61 Å². The molecule has 0 spiro atoms. The van der Waals surface area contributed by atoms with E-state index in [2.05, 4.69) is 16.1 Å². The summed E-state index contributed by atoms with van der Waals surface area (Å²) in [6, 6.07) is 0. The van der Waals surface area contributed by atoms with Crippen molar-refractivity contribution in [2.24, 2.45) is 5.92 Å². The van der Waals surface area contributed by atoms with Crippen LogP contribution < -0.4 is 0 Å². The monoisotopic (exact) mass is 268 g/mol. The van der Waals surface area contributed by atoms with Gasteiger partial charge in [0.1, 0.15) is 6.61 Å². The number of hydrogen-bond donors (Lipinski definition) is 0. The summed E-state index contributed by atoms with van der Waals surface area (Å²) in [5.74, 6) is -2.22. The van der Waals surface area contributed by atoms with Crippen molar-refractivity contribution in [3.8, 4) is 0 Å². The second kappa shape index (κ2) is 6.42. The highest BCUT2D eigenvalue weighted by Crippen LogP contribution is 2.23. The Hall–Kier alpha value is -1.53. The van der Waals surface area contributed by atoms with Gasteiger partial charge in [0.15, 0.2) is 6.10 Å². The number of rotatable bonds is 5. The zero-order valence-electron chi connectivity index (χ0n) is 10.3. The van der Waals surface area contributed by atoms with Crippen molar-refractivity contribution in [3.63, 3.8) is 0 Å². The molecule has 7 heteroatoms. The first-order chi connectivity index (χ1) is 8.05. The summed E-state index contributed by atoms with van der Waals surface area (Å²) in [6.45, 7) is 6.57. The topological polar surface area (TPSA) is 52.6 Å². The second-order valence-corrected chi connectivity index (χ2v) is 3.96. The first-order valence-corrected chi connectivity index (χ1v) is 5.17. The van der Waals surface area contributed by atoms with E-state index in [0.29, 0.717) is 6.92 Å². The van der Waals surface area contributed by atoms with Gasteiger partial charge in [-0.05, 0) is 6.92 Å². The molecule has 0 heterocycles. The molecule has 18 heavy (non-hydrogen) atoms. The lowest BCUT2D eigenvalue weighted by atomic mass is 10.2. The first kappa shape index (κ1) is 16.5. The highest BCUT2D eigenvalue weighted by Gasteiger charge is 2.39. The number of ether oxygens (including phenoxy) is 2. The minimum atomic E-state index is -4.63. The molecular weight excluding hydrogens is 253 g/mol. The zero-order valence-corrected chi connectivity index (χ0v) is 10.3. The maximum absolute atomic E-state index is 12.1. The molecule has 1 atom stereocenters. The van der Waals surface area contributed by atoms with Gasteiger partial charge in [-0.2, -0.15) is 13.2 Å². The molecule has 0 N–H and O–H groups in total. The molecule has 104 valence electrons. The Morgan fingerprint density at radius 2 is 1.72 bits per heavy atom. The van der Waals surface area contributed by atoms with Gasteiger partial charge in [-0.1, -0.05) is 20.4 Å². The molecule has 0 aromatic heterocycles. The zero-order chi connectivity index (χ0) is 14.5. The van der Waals surface area contributed by atoms with Crippen LogP contribution in [0.4, 0.5) is 13.2 Å². The Morgan fingerprint density at radius 3 is 2.11 bits per heavy atom. The van der Waals surface area contributed by atoms with Gasteiger partial charge in [0, 0.05) is 0 Å². The molecule has 0 radical (unpaired) electrons. The summed E-state index contributed by atoms with van der Waals surface area (Å²) >= 11 is 0. The SMILES string of the molecule is C=C(COC(=O)C(C)C)C(=O)OC(C)C(F)(F)F. The van der Waals surface area contributed by atoms with Crippen LogP contribution in [0.3, 0.4) is 0 Å². The highest BCUT2D eigenvalue weighted by atomic mass is 19.4. The lowest BCUT2D eigenvalue weighted by Gasteiger charge is -2.17. The maximum Gasteiger partial charge on any atom is 0.425 e. The number of hydrogen-bond acceptors (Lipinski definition) is 4. The minimum Gasteiger partial charge on any atom is -0.460 e. The summed E-state index contributed by atoms with van der Waals surface area (Å²) in [5.41, 5.74) is -0.347. The van der Waals surface area contributed by atoms with Crippen LogP contribution in [0.15, 0.2) is 12.2 Å². The fraction of sp³-hybridized carbons (Fsp3) is 0.636. The first-order valence-electron chi connectivity index (χ1n) is 5.17. The van der Waals surface area contributed by atoms with Crippen molar-refractivity contribution in [2.45, 2.75) is 33.1 Å². The van der Waals surface area contributed by atoms with E-state index in [1.54, 1.807) is 13.8 Å². The second-order valence-electron chi connectivity index (χ2n) is 3.96. The Morgan fingerprint density at radius 1 is 1.22 bits per heavy atom.